The third-order valence-corrected chi connectivity index (χ3v) is 5.11. The van der Waals surface area contributed by atoms with E-state index in [2.05, 4.69) is 10.3 Å². The van der Waals surface area contributed by atoms with Crippen LogP contribution in [0.3, 0.4) is 0 Å². The average molecular weight is 420 g/mol. The molecule has 0 atom stereocenters. The number of non-ortho nitro benzene ring substituents is 1. The predicted molar refractivity (Wildman–Crippen MR) is 107 cm³/mol. The fourth-order valence-electron chi connectivity index (χ4n) is 2.21. The minimum absolute atomic E-state index is 0.125. The number of hydrogen-bond donors (Lipinski definition) is 3. The van der Waals surface area contributed by atoms with Crippen molar-refractivity contribution in [2.75, 3.05) is 6.54 Å². The number of benzene rings is 2. The molecule has 0 aliphatic carbocycles. The van der Waals surface area contributed by atoms with Crippen LogP contribution < -0.4 is 10.0 Å². The van der Waals surface area contributed by atoms with Crippen LogP contribution in [0.15, 0.2) is 52.4 Å². The molecule has 0 radical (unpaired) electrons. The molecule has 10 nitrogen and oxygen atoms in total. The molecule has 0 saturated heterocycles. The number of amides is 2. The number of nitro benzene ring substituents is 1. The van der Waals surface area contributed by atoms with Crippen molar-refractivity contribution in [1.82, 2.24) is 10.0 Å². The molecule has 154 valence electrons. The summed E-state index contributed by atoms with van der Waals surface area (Å²) >= 11 is 0. The van der Waals surface area contributed by atoms with Gasteiger partial charge >= 0.3 is 6.03 Å². The third kappa shape index (κ3) is 6.28. The molecule has 2 aromatic carbocycles. The highest BCUT2D eigenvalue weighted by Gasteiger charge is 2.17. The number of nitrogens with one attached hydrogen (secondary N) is 2. The second-order valence-corrected chi connectivity index (χ2v) is 7.65. The number of aromatic hydroxyl groups is 1. The Balaban J connectivity index is 2.10. The van der Waals surface area contributed by atoms with E-state index in [4.69, 9.17) is 0 Å². The summed E-state index contributed by atoms with van der Waals surface area (Å²) < 4.78 is 26.3. The van der Waals surface area contributed by atoms with E-state index in [1.54, 1.807) is 0 Å². The summed E-state index contributed by atoms with van der Waals surface area (Å²) in [6, 6.07) is 8.04. The lowest BCUT2D eigenvalue weighted by Gasteiger charge is -2.08. The predicted octanol–water partition coefficient (Wildman–Crippen LogP) is 2.84. The molecule has 0 heterocycles. The van der Waals surface area contributed by atoms with Crippen molar-refractivity contribution in [2.24, 2.45) is 4.99 Å². The first-order valence-corrected chi connectivity index (χ1v) is 10.1. The van der Waals surface area contributed by atoms with Gasteiger partial charge in [-0.3, -0.25) is 15.1 Å². The molecule has 2 rings (SSSR count). The number of carbonyl (C=O) groups excluding carboxylic acids is 1. The zero-order valence-corrected chi connectivity index (χ0v) is 16.3. The fourth-order valence-corrected chi connectivity index (χ4v) is 3.14. The van der Waals surface area contributed by atoms with E-state index in [-0.39, 0.29) is 21.9 Å². The van der Waals surface area contributed by atoms with E-state index in [0.717, 1.165) is 18.9 Å². The molecule has 0 spiro atoms. The molecule has 0 bridgehead atoms. The summed E-state index contributed by atoms with van der Waals surface area (Å²) in [5.41, 5.74) is 0.289. The minimum atomic E-state index is -4.03. The summed E-state index contributed by atoms with van der Waals surface area (Å²) in [5, 5.41) is 23.0. The second kappa shape index (κ2) is 9.64. The molecule has 0 saturated carbocycles. The van der Waals surface area contributed by atoms with E-state index >= 15 is 0 Å². The molecule has 29 heavy (non-hydrogen) atoms. The van der Waals surface area contributed by atoms with Gasteiger partial charge in [-0.2, -0.15) is 0 Å². The smallest absolute Gasteiger partial charge is 0.328 e. The number of nitro groups is 1. The maximum Gasteiger partial charge on any atom is 0.328 e. The van der Waals surface area contributed by atoms with Crippen molar-refractivity contribution in [2.45, 2.75) is 24.7 Å². The van der Waals surface area contributed by atoms with Crippen molar-refractivity contribution < 1.29 is 23.2 Å². The SMILES string of the molecule is CCCCNC(=O)NS(=O)(=O)c1ccc(N=Cc2cc([N+](=O)[O-])ccc2O)cc1. The van der Waals surface area contributed by atoms with Crippen LogP contribution in [-0.4, -0.2) is 37.2 Å². The molecule has 0 aliphatic rings. The number of aliphatic imine (C=N–C) groups is 1. The number of nitrogens with zero attached hydrogens (tertiary/aromatic N) is 2. The molecule has 3 N–H and O–H groups in total. The lowest BCUT2D eigenvalue weighted by atomic mass is 10.2. The topological polar surface area (TPSA) is 151 Å². The molecule has 0 fully saturated rings. The Morgan fingerprint density at radius 3 is 2.55 bits per heavy atom. The van der Waals surface area contributed by atoms with Gasteiger partial charge in [0, 0.05) is 30.5 Å². The molecular formula is C18H20N4O6S. The largest absolute Gasteiger partial charge is 0.507 e. The molecule has 0 aromatic heterocycles. The first kappa shape index (κ1) is 21.8. The summed E-state index contributed by atoms with van der Waals surface area (Å²) in [4.78, 5) is 25.8. The lowest BCUT2D eigenvalue weighted by Crippen LogP contribution is -2.39. The van der Waals surface area contributed by atoms with Gasteiger partial charge < -0.3 is 10.4 Å². The summed E-state index contributed by atoms with van der Waals surface area (Å²) in [5.74, 6) is -0.183. The average Bonchev–Trinajstić information content (AvgIpc) is 2.67. The Bertz CT molecular complexity index is 1020. The van der Waals surface area contributed by atoms with Crippen molar-refractivity contribution in [3.05, 3.63) is 58.1 Å². The van der Waals surface area contributed by atoms with Crippen LogP contribution in [0.2, 0.25) is 0 Å². The number of carbonyl (C=O) groups is 1. The van der Waals surface area contributed by atoms with E-state index in [1.165, 1.54) is 42.6 Å². The first-order chi connectivity index (χ1) is 13.7. The van der Waals surface area contributed by atoms with Crippen LogP contribution in [0.4, 0.5) is 16.2 Å². The van der Waals surface area contributed by atoms with Crippen LogP contribution in [-0.2, 0) is 10.0 Å². The van der Waals surface area contributed by atoms with Gasteiger partial charge in [0.1, 0.15) is 5.75 Å². The maximum atomic E-state index is 12.2. The third-order valence-electron chi connectivity index (χ3n) is 3.76. The van der Waals surface area contributed by atoms with E-state index < -0.39 is 21.0 Å². The Labute approximate surface area is 167 Å². The van der Waals surface area contributed by atoms with Crippen molar-refractivity contribution >= 4 is 33.6 Å². The Hall–Kier alpha value is -3.47. The van der Waals surface area contributed by atoms with E-state index in [9.17, 15) is 28.4 Å². The summed E-state index contributed by atoms with van der Waals surface area (Å²) in [6.45, 7) is 2.32. The van der Waals surface area contributed by atoms with Gasteiger partial charge in [0.25, 0.3) is 15.7 Å². The zero-order valence-electron chi connectivity index (χ0n) is 15.5. The Morgan fingerprint density at radius 2 is 1.93 bits per heavy atom. The number of sulfonamides is 1. The van der Waals surface area contributed by atoms with Crippen LogP contribution in [0.5, 0.6) is 5.75 Å². The quantitative estimate of drug-likeness (QED) is 0.258. The van der Waals surface area contributed by atoms with Crippen molar-refractivity contribution in [3.8, 4) is 5.75 Å². The fraction of sp³-hybridized carbons (Fsp3) is 0.222. The zero-order chi connectivity index (χ0) is 21.4. The Morgan fingerprint density at radius 1 is 1.24 bits per heavy atom. The van der Waals surface area contributed by atoms with Gasteiger partial charge in [-0.25, -0.2) is 17.9 Å². The number of phenols is 1. The monoisotopic (exact) mass is 420 g/mol. The van der Waals surface area contributed by atoms with Crippen LogP contribution in [0, 0.1) is 10.1 Å². The summed E-state index contributed by atoms with van der Waals surface area (Å²) in [7, 11) is -4.03. The molecule has 2 aromatic rings. The highest BCUT2D eigenvalue weighted by molar-refractivity contribution is 7.90. The highest BCUT2D eigenvalue weighted by Crippen LogP contribution is 2.23. The molecule has 0 unspecified atom stereocenters. The molecule has 2 amide bonds. The molecule has 11 heteroatoms. The van der Waals surface area contributed by atoms with Crippen molar-refractivity contribution in [1.29, 1.82) is 0 Å². The van der Waals surface area contributed by atoms with Gasteiger partial charge in [0.05, 0.1) is 15.5 Å². The van der Waals surface area contributed by atoms with Gasteiger partial charge in [0.15, 0.2) is 0 Å². The van der Waals surface area contributed by atoms with E-state index in [1.807, 2.05) is 11.6 Å². The second-order valence-electron chi connectivity index (χ2n) is 5.97. The number of rotatable bonds is 8. The summed E-state index contributed by atoms with van der Waals surface area (Å²) in [6.07, 6.45) is 2.83. The van der Waals surface area contributed by atoms with Gasteiger partial charge in [-0.1, -0.05) is 13.3 Å². The highest BCUT2D eigenvalue weighted by atomic mass is 32.2. The maximum absolute atomic E-state index is 12.2. The van der Waals surface area contributed by atoms with Gasteiger partial charge in [-0.05, 0) is 36.8 Å². The van der Waals surface area contributed by atoms with Gasteiger partial charge in [-0.15, -0.1) is 0 Å². The van der Waals surface area contributed by atoms with E-state index in [0.29, 0.717) is 12.2 Å². The lowest BCUT2D eigenvalue weighted by molar-refractivity contribution is -0.384. The number of urea groups is 1. The number of unbranched alkanes of at least 4 members (excludes halogenated alkanes) is 1. The van der Waals surface area contributed by atoms with Crippen LogP contribution in [0.1, 0.15) is 25.3 Å². The first-order valence-electron chi connectivity index (χ1n) is 8.65. The normalized spacial score (nSPS) is 11.3. The number of hydrogen-bond acceptors (Lipinski definition) is 7. The van der Waals surface area contributed by atoms with Crippen LogP contribution in [0.25, 0.3) is 0 Å². The van der Waals surface area contributed by atoms with Crippen molar-refractivity contribution in [3.63, 3.8) is 0 Å². The standard InChI is InChI=1S/C18H20N4O6S/c1-2-3-10-19-18(24)21-29(27,28)16-7-4-14(5-8-16)20-12-13-11-15(22(25)26)6-9-17(13)23/h4-9,11-12,23H,2-3,10H2,1H3,(H2,19,21,24). The number of phenolic OH excluding ortho intramolecular Hbond substituents is 1. The van der Waals surface area contributed by atoms with Gasteiger partial charge in [0.2, 0.25) is 0 Å². The minimum Gasteiger partial charge on any atom is -0.507 e. The Kier molecular flexibility index (Phi) is 7.26. The molecule has 0 aliphatic heterocycles. The molecular weight excluding hydrogens is 400 g/mol. The van der Waals surface area contributed by atoms with Crippen LogP contribution >= 0.6 is 0 Å².